The van der Waals surface area contributed by atoms with Crippen LogP contribution < -0.4 is 4.90 Å². The van der Waals surface area contributed by atoms with Gasteiger partial charge in [-0.15, -0.1) is 0 Å². The highest BCUT2D eigenvalue weighted by Crippen LogP contribution is 2.31. The summed E-state index contributed by atoms with van der Waals surface area (Å²) in [6, 6.07) is 13.6. The standard InChI is InChI=1S/C16H13ClN2O5S/c17-12-6-7-13-14(18-24-25(21,22)23)8-9-19(15(13)10-12)16(20)11-4-2-1-3-5-11/h1-7,10H,8-9H2,(H,21,22,23)/b18-14-. The van der Waals surface area contributed by atoms with Gasteiger partial charge in [0.2, 0.25) is 0 Å². The second kappa shape index (κ2) is 6.83. The predicted molar refractivity (Wildman–Crippen MR) is 93.4 cm³/mol. The molecule has 130 valence electrons. The fourth-order valence-corrected chi connectivity index (χ4v) is 2.93. The van der Waals surface area contributed by atoms with Gasteiger partial charge in [0.1, 0.15) is 0 Å². The van der Waals surface area contributed by atoms with E-state index in [2.05, 4.69) is 9.44 Å². The molecule has 0 saturated heterocycles. The maximum atomic E-state index is 12.8. The number of fused-ring (bicyclic) bond motifs is 1. The molecular formula is C16H13ClN2O5S. The van der Waals surface area contributed by atoms with E-state index >= 15 is 0 Å². The lowest BCUT2D eigenvalue weighted by atomic mass is 9.98. The molecule has 0 saturated carbocycles. The Balaban J connectivity index is 2.01. The van der Waals surface area contributed by atoms with Crippen LogP contribution in [0.3, 0.4) is 0 Å². The number of oxime groups is 1. The molecule has 0 atom stereocenters. The van der Waals surface area contributed by atoms with Crippen LogP contribution in [0.4, 0.5) is 5.69 Å². The molecule has 1 aliphatic heterocycles. The van der Waals surface area contributed by atoms with Crippen molar-refractivity contribution in [2.24, 2.45) is 5.16 Å². The van der Waals surface area contributed by atoms with E-state index in [1.54, 1.807) is 47.4 Å². The molecule has 9 heteroatoms. The van der Waals surface area contributed by atoms with Gasteiger partial charge in [-0.3, -0.25) is 9.35 Å². The first kappa shape index (κ1) is 17.4. The van der Waals surface area contributed by atoms with Gasteiger partial charge < -0.3 is 4.90 Å². The fourth-order valence-electron chi connectivity index (χ4n) is 2.58. The van der Waals surface area contributed by atoms with Crippen LogP contribution in [0.15, 0.2) is 53.7 Å². The molecule has 1 aliphatic rings. The molecule has 0 aromatic heterocycles. The van der Waals surface area contributed by atoms with Crippen molar-refractivity contribution in [2.45, 2.75) is 6.42 Å². The smallest absolute Gasteiger partial charge is 0.307 e. The Kier molecular flexibility index (Phi) is 4.76. The van der Waals surface area contributed by atoms with Crippen molar-refractivity contribution in [3.8, 4) is 0 Å². The molecule has 1 heterocycles. The number of amides is 1. The molecule has 0 spiro atoms. The quantitative estimate of drug-likeness (QED) is 0.652. The average Bonchev–Trinajstić information content (AvgIpc) is 2.59. The lowest BCUT2D eigenvalue weighted by molar-refractivity contribution is 0.0987. The molecule has 0 aliphatic carbocycles. The lowest BCUT2D eigenvalue weighted by Crippen LogP contribution is -2.37. The largest absolute Gasteiger partial charge is 0.466 e. The third kappa shape index (κ3) is 3.98. The minimum absolute atomic E-state index is 0.209. The highest BCUT2D eigenvalue weighted by atomic mass is 35.5. The second-order valence-electron chi connectivity index (χ2n) is 5.27. The zero-order valence-corrected chi connectivity index (χ0v) is 14.4. The molecule has 2 aromatic carbocycles. The number of anilines is 1. The number of benzene rings is 2. The number of hydrogen-bond acceptors (Lipinski definition) is 5. The van der Waals surface area contributed by atoms with Crippen molar-refractivity contribution in [2.75, 3.05) is 11.4 Å². The molecule has 1 N–H and O–H groups in total. The maximum Gasteiger partial charge on any atom is 0.466 e. The van der Waals surface area contributed by atoms with E-state index in [9.17, 15) is 13.2 Å². The zero-order valence-electron chi connectivity index (χ0n) is 12.8. The Bertz CT molecular complexity index is 944. The molecule has 0 bridgehead atoms. The van der Waals surface area contributed by atoms with Crippen LogP contribution in [0.2, 0.25) is 5.02 Å². The summed E-state index contributed by atoms with van der Waals surface area (Å²) < 4.78 is 34.3. The molecule has 1 amide bonds. The Morgan fingerprint density at radius 3 is 2.60 bits per heavy atom. The summed E-state index contributed by atoms with van der Waals surface area (Å²) in [6.45, 7) is 0.259. The predicted octanol–water partition coefficient (Wildman–Crippen LogP) is 2.91. The van der Waals surface area contributed by atoms with Crippen LogP contribution in [-0.4, -0.2) is 31.1 Å². The Morgan fingerprint density at radius 2 is 1.92 bits per heavy atom. The van der Waals surface area contributed by atoms with E-state index in [-0.39, 0.29) is 18.9 Å². The third-order valence-electron chi connectivity index (χ3n) is 3.64. The number of carbonyl (C=O) groups excluding carboxylic acids is 1. The highest BCUT2D eigenvalue weighted by molar-refractivity contribution is 7.80. The van der Waals surface area contributed by atoms with Crippen LogP contribution in [0.25, 0.3) is 0 Å². The number of rotatable bonds is 3. The topological polar surface area (TPSA) is 96.3 Å². The summed E-state index contributed by atoms with van der Waals surface area (Å²) in [5.41, 5.74) is 1.80. The minimum Gasteiger partial charge on any atom is -0.307 e. The first-order valence-corrected chi connectivity index (χ1v) is 8.99. The van der Waals surface area contributed by atoms with Gasteiger partial charge in [-0.05, 0) is 30.3 Å². The molecule has 0 fully saturated rings. The summed E-state index contributed by atoms with van der Waals surface area (Å²) in [5.74, 6) is -0.209. The summed E-state index contributed by atoms with van der Waals surface area (Å²) in [7, 11) is -4.70. The first-order chi connectivity index (χ1) is 11.8. The van der Waals surface area contributed by atoms with E-state index < -0.39 is 10.4 Å². The van der Waals surface area contributed by atoms with E-state index in [4.69, 9.17) is 16.2 Å². The van der Waals surface area contributed by atoms with Gasteiger partial charge in [0.25, 0.3) is 5.91 Å². The highest BCUT2D eigenvalue weighted by Gasteiger charge is 2.28. The van der Waals surface area contributed by atoms with Crippen LogP contribution in [0.1, 0.15) is 22.3 Å². The fraction of sp³-hybridized carbons (Fsp3) is 0.125. The van der Waals surface area contributed by atoms with E-state index in [0.717, 1.165) is 0 Å². The number of carbonyl (C=O) groups is 1. The molecule has 0 unspecified atom stereocenters. The zero-order chi connectivity index (χ0) is 18.0. The summed E-state index contributed by atoms with van der Waals surface area (Å²) >= 11 is 6.05. The minimum atomic E-state index is -4.70. The van der Waals surface area contributed by atoms with E-state index in [1.165, 1.54) is 0 Å². The molecule has 7 nitrogen and oxygen atoms in total. The van der Waals surface area contributed by atoms with Crippen molar-refractivity contribution < 1.29 is 22.0 Å². The van der Waals surface area contributed by atoms with Crippen molar-refractivity contribution in [1.82, 2.24) is 0 Å². The van der Waals surface area contributed by atoms with Crippen molar-refractivity contribution in [3.05, 3.63) is 64.7 Å². The normalized spacial score (nSPS) is 15.8. The van der Waals surface area contributed by atoms with Crippen LogP contribution in [0, 0.1) is 0 Å². The van der Waals surface area contributed by atoms with Crippen molar-refractivity contribution in [1.29, 1.82) is 0 Å². The number of nitrogens with zero attached hydrogens (tertiary/aromatic N) is 2. The van der Waals surface area contributed by atoms with Gasteiger partial charge in [0, 0.05) is 29.1 Å². The van der Waals surface area contributed by atoms with Crippen molar-refractivity contribution in [3.63, 3.8) is 0 Å². The summed E-state index contributed by atoms with van der Waals surface area (Å²) in [4.78, 5) is 14.3. The second-order valence-corrected chi connectivity index (χ2v) is 6.72. The Hall–Kier alpha value is -2.42. The molecule has 3 rings (SSSR count). The monoisotopic (exact) mass is 380 g/mol. The van der Waals surface area contributed by atoms with Gasteiger partial charge in [-0.2, -0.15) is 8.42 Å². The van der Waals surface area contributed by atoms with Gasteiger partial charge >= 0.3 is 10.4 Å². The van der Waals surface area contributed by atoms with Gasteiger partial charge in [-0.1, -0.05) is 35.0 Å². The Labute approximate surface area is 149 Å². The molecule has 2 aromatic rings. The molecule has 25 heavy (non-hydrogen) atoms. The molecular weight excluding hydrogens is 368 g/mol. The van der Waals surface area contributed by atoms with Gasteiger partial charge in [0.05, 0.1) is 11.4 Å². The number of hydrogen-bond donors (Lipinski definition) is 1. The third-order valence-corrected chi connectivity index (χ3v) is 4.14. The van der Waals surface area contributed by atoms with Crippen LogP contribution in [0.5, 0.6) is 0 Å². The van der Waals surface area contributed by atoms with Crippen LogP contribution in [-0.2, 0) is 14.7 Å². The average molecular weight is 381 g/mol. The summed E-state index contributed by atoms with van der Waals surface area (Å²) in [5, 5.41) is 3.91. The SMILES string of the molecule is O=C(c1ccccc1)N1CC/C(=N/OS(=O)(=O)O)c2ccc(Cl)cc21. The molecule has 0 radical (unpaired) electrons. The lowest BCUT2D eigenvalue weighted by Gasteiger charge is -2.30. The first-order valence-electron chi connectivity index (χ1n) is 7.25. The van der Waals surface area contributed by atoms with Crippen molar-refractivity contribution >= 4 is 39.3 Å². The van der Waals surface area contributed by atoms with Crippen LogP contribution >= 0.6 is 11.6 Å². The Morgan fingerprint density at radius 1 is 1.20 bits per heavy atom. The van der Waals surface area contributed by atoms with Gasteiger partial charge in [0.15, 0.2) is 0 Å². The van der Waals surface area contributed by atoms with Gasteiger partial charge in [-0.25, -0.2) is 4.28 Å². The summed E-state index contributed by atoms with van der Waals surface area (Å²) in [6.07, 6.45) is 0.253. The number of halogens is 1. The maximum absolute atomic E-state index is 12.8. The van der Waals surface area contributed by atoms with E-state index in [1.807, 2.05) is 6.07 Å². The van der Waals surface area contributed by atoms with E-state index in [0.29, 0.717) is 27.5 Å².